The molecule has 0 amide bonds. The number of halogens is 2. The summed E-state index contributed by atoms with van der Waals surface area (Å²) in [6.07, 6.45) is 0. The van der Waals surface area contributed by atoms with E-state index in [1.807, 2.05) is 18.2 Å². The Kier molecular flexibility index (Phi) is 5.16. The molecule has 2 rings (SSSR count). The predicted octanol–water partition coefficient (Wildman–Crippen LogP) is 3.74. The van der Waals surface area contributed by atoms with E-state index in [4.69, 9.17) is 14.6 Å². The van der Waals surface area contributed by atoms with E-state index in [-0.39, 0.29) is 24.5 Å². The van der Waals surface area contributed by atoms with Crippen LogP contribution < -0.4 is 9.47 Å². The van der Waals surface area contributed by atoms with Crippen LogP contribution in [0, 0.1) is 5.82 Å². The van der Waals surface area contributed by atoms with Crippen LogP contribution in [-0.4, -0.2) is 24.3 Å². The largest absolute Gasteiger partial charge is 0.490 e. The monoisotopic (exact) mass is 354 g/mol. The summed E-state index contributed by atoms with van der Waals surface area (Å²) >= 11 is 3.33. The minimum atomic E-state index is -1.20. The van der Waals surface area contributed by atoms with Crippen molar-refractivity contribution < 1.29 is 23.8 Å². The molecular formula is C15H12BrFO4. The number of ether oxygens (including phenoxy) is 2. The zero-order valence-electron chi connectivity index (χ0n) is 10.9. The lowest BCUT2D eigenvalue weighted by atomic mass is 10.2. The maximum Gasteiger partial charge on any atom is 0.335 e. The van der Waals surface area contributed by atoms with Gasteiger partial charge in [-0.05, 0) is 30.3 Å². The van der Waals surface area contributed by atoms with Crippen LogP contribution in [0.2, 0.25) is 0 Å². The van der Waals surface area contributed by atoms with Crippen LogP contribution in [0.1, 0.15) is 10.4 Å². The van der Waals surface area contributed by atoms with Crippen molar-refractivity contribution >= 4 is 21.9 Å². The average molecular weight is 355 g/mol. The van der Waals surface area contributed by atoms with E-state index in [2.05, 4.69) is 15.9 Å². The molecule has 0 unspecified atom stereocenters. The average Bonchev–Trinajstić information content (AvgIpc) is 2.43. The molecule has 0 heterocycles. The lowest BCUT2D eigenvalue weighted by Crippen LogP contribution is -2.09. The summed E-state index contributed by atoms with van der Waals surface area (Å²) in [6.45, 7) is 0.435. The lowest BCUT2D eigenvalue weighted by molar-refractivity contribution is 0.0695. The van der Waals surface area contributed by atoms with E-state index in [1.54, 1.807) is 6.07 Å². The van der Waals surface area contributed by atoms with Crippen LogP contribution in [0.3, 0.4) is 0 Å². The van der Waals surface area contributed by atoms with E-state index in [9.17, 15) is 9.18 Å². The molecule has 0 bridgehead atoms. The second kappa shape index (κ2) is 7.08. The van der Waals surface area contributed by atoms with Crippen molar-refractivity contribution in [3.8, 4) is 11.5 Å². The van der Waals surface area contributed by atoms with Crippen LogP contribution in [0.4, 0.5) is 4.39 Å². The van der Waals surface area contributed by atoms with Gasteiger partial charge in [-0.2, -0.15) is 0 Å². The first-order chi connectivity index (χ1) is 10.0. The van der Waals surface area contributed by atoms with Crippen molar-refractivity contribution in [2.45, 2.75) is 0 Å². The second-order valence-electron chi connectivity index (χ2n) is 4.14. The van der Waals surface area contributed by atoms with E-state index in [0.29, 0.717) is 5.75 Å². The molecule has 2 aromatic rings. The number of carbonyl (C=O) groups is 1. The SMILES string of the molecule is O=C(O)c1cc(F)cc(OCCOc2cccc(Br)c2)c1. The molecule has 0 spiro atoms. The number of carboxylic acid groups (broad SMARTS) is 1. The first-order valence-electron chi connectivity index (χ1n) is 6.09. The van der Waals surface area contributed by atoms with Gasteiger partial charge in [-0.1, -0.05) is 22.0 Å². The zero-order chi connectivity index (χ0) is 15.2. The summed E-state index contributed by atoms with van der Waals surface area (Å²) in [5, 5.41) is 8.83. The third kappa shape index (κ3) is 4.75. The van der Waals surface area contributed by atoms with Crippen molar-refractivity contribution in [3.05, 3.63) is 58.3 Å². The van der Waals surface area contributed by atoms with Crippen molar-refractivity contribution in [1.29, 1.82) is 0 Å². The van der Waals surface area contributed by atoms with Crippen molar-refractivity contribution in [3.63, 3.8) is 0 Å². The molecule has 0 aliphatic rings. The van der Waals surface area contributed by atoms with E-state index >= 15 is 0 Å². The fraction of sp³-hybridized carbons (Fsp3) is 0.133. The van der Waals surface area contributed by atoms with Gasteiger partial charge in [0.2, 0.25) is 0 Å². The Labute approximate surface area is 129 Å². The summed E-state index contributed by atoms with van der Waals surface area (Å²) in [5.41, 5.74) is -0.155. The van der Waals surface area contributed by atoms with Gasteiger partial charge in [-0.15, -0.1) is 0 Å². The third-order valence-corrected chi connectivity index (χ3v) is 3.03. The second-order valence-corrected chi connectivity index (χ2v) is 5.05. The molecule has 0 saturated heterocycles. The van der Waals surface area contributed by atoms with E-state index < -0.39 is 11.8 Å². The summed E-state index contributed by atoms with van der Waals surface area (Å²) < 4.78 is 24.9. The van der Waals surface area contributed by atoms with Gasteiger partial charge in [-0.3, -0.25) is 0 Å². The van der Waals surface area contributed by atoms with Gasteiger partial charge in [0.1, 0.15) is 30.5 Å². The van der Waals surface area contributed by atoms with Crippen molar-refractivity contribution in [1.82, 2.24) is 0 Å². The Morgan fingerprint density at radius 1 is 1.10 bits per heavy atom. The number of carboxylic acids is 1. The first kappa shape index (κ1) is 15.3. The number of benzene rings is 2. The zero-order valence-corrected chi connectivity index (χ0v) is 12.5. The molecule has 1 N–H and O–H groups in total. The van der Waals surface area contributed by atoms with Crippen molar-refractivity contribution in [2.75, 3.05) is 13.2 Å². The Morgan fingerprint density at radius 3 is 2.48 bits per heavy atom. The predicted molar refractivity (Wildman–Crippen MR) is 78.5 cm³/mol. The van der Waals surface area contributed by atoms with E-state index in [0.717, 1.165) is 16.6 Å². The maximum atomic E-state index is 13.2. The maximum absolute atomic E-state index is 13.2. The van der Waals surface area contributed by atoms with Crippen LogP contribution in [0.5, 0.6) is 11.5 Å². The number of hydrogen-bond donors (Lipinski definition) is 1. The molecule has 21 heavy (non-hydrogen) atoms. The smallest absolute Gasteiger partial charge is 0.335 e. The molecule has 4 nitrogen and oxygen atoms in total. The van der Waals surface area contributed by atoms with Gasteiger partial charge in [0, 0.05) is 10.5 Å². The highest BCUT2D eigenvalue weighted by atomic mass is 79.9. The van der Waals surface area contributed by atoms with Gasteiger partial charge in [0.15, 0.2) is 0 Å². The number of hydrogen-bond acceptors (Lipinski definition) is 3. The Morgan fingerprint density at radius 2 is 1.81 bits per heavy atom. The molecule has 110 valence electrons. The summed E-state index contributed by atoms with van der Waals surface area (Å²) in [7, 11) is 0. The molecule has 0 aromatic heterocycles. The lowest BCUT2D eigenvalue weighted by Gasteiger charge is -2.09. The molecule has 0 saturated carbocycles. The molecule has 2 aromatic carbocycles. The minimum absolute atomic E-state index is 0.155. The van der Waals surface area contributed by atoms with Gasteiger partial charge in [0.25, 0.3) is 0 Å². The molecule has 0 atom stereocenters. The molecule has 6 heteroatoms. The third-order valence-electron chi connectivity index (χ3n) is 2.54. The minimum Gasteiger partial charge on any atom is -0.490 e. The fourth-order valence-corrected chi connectivity index (χ4v) is 2.02. The Hall–Kier alpha value is -2.08. The standard InChI is InChI=1S/C15H12BrFO4/c16-11-2-1-3-13(8-11)20-4-5-21-14-7-10(15(18)19)6-12(17)9-14/h1-3,6-9H,4-5H2,(H,18,19). The summed E-state index contributed by atoms with van der Waals surface area (Å²) in [6, 6.07) is 10.7. The Balaban J connectivity index is 1.87. The highest BCUT2D eigenvalue weighted by Gasteiger charge is 2.07. The van der Waals surface area contributed by atoms with Gasteiger partial charge >= 0.3 is 5.97 Å². The van der Waals surface area contributed by atoms with E-state index in [1.165, 1.54) is 6.07 Å². The summed E-state index contributed by atoms with van der Waals surface area (Å²) in [5.74, 6) is -1.02. The van der Waals surface area contributed by atoms with Gasteiger partial charge in [0.05, 0.1) is 5.56 Å². The number of aromatic carboxylic acids is 1. The normalized spacial score (nSPS) is 10.2. The van der Waals surface area contributed by atoms with Gasteiger partial charge < -0.3 is 14.6 Å². The molecule has 0 aliphatic carbocycles. The van der Waals surface area contributed by atoms with Crippen LogP contribution >= 0.6 is 15.9 Å². The first-order valence-corrected chi connectivity index (χ1v) is 6.89. The summed E-state index contributed by atoms with van der Waals surface area (Å²) in [4.78, 5) is 10.8. The number of rotatable bonds is 6. The molecular weight excluding hydrogens is 343 g/mol. The molecule has 0 radical (unpaired) electrons. The van der Waals surface area contributed by atoms with Crippen LogP contribution in [0.15, 0.2) is 46.9 Å². The highest BCUT2D eigenvalue weighted by Crippen LogP contribution is 2.18. The topological polar surface area (TPSA) is 55.8 Å². The quantitative estimate of drug-likeness (QED) is 0.802. The van der Waals surface area contributed by atoms with Gasteiger partial charge in [-0.25, -0.2) is 9.18 Å². The van der Waals surface area contributed by atoms with Crippen molar-refractivity contribution in [2.24, 2.45) is 0 Å². The fourth-order valence-electron chi connectivity index (χ4n) is 1.65. The highest BCUT2D eigenvalue weighted by molar-refractivity contribution is 9.10. The molecule has 0 aliphatic heterocycles. The van der Waals surface area contributed by atoms with Crippen LogP contribution in [0.25, 0.3) is 0 Å². The van der Waals surface area contributed by atoms with Crippen LogP contribution in [-0.2, 0) is 0 Å². The Bertz CT molecular complexity index is 645. The molecule has 0 fully saturated rings.